The van der Waals surface area contributed by atoms with E-state index in [2.05, 4.69) is 9.62 Å². The van der Waals surface area contributed by atoms with Gasteiger partial charge in [-0.1, -0.05) is 0 Å². The van der Waals surface area contributed by atoms with E-state index < -0.39 is 12.4 Å². The molecule has 0 amide bonds. The van der Waals surface area contributed by atoms with Crippen molar-refractivity contribution in [1.82, 2.24) is 0 Å². The molecular weight excluding hydrogens is 168 g/mol. The Kier molecular flexibility index (Phi) is 6.35. The molecule has 12 heavy (non-hydrogen) atoms. The molecule has 0 aromatic carbocycles. The molecule has 0 heterocycles. The zero-order valence-corrected chi connectivity index (χ0v) is 6.98. The average Bonchev–Trinajstić information content (AvgIpc) is 2.12. The second kappa shape index (κ2) is 6.84. The number of carbonyl (C=O) groups excluding carboxylic acids is 1. The molecule has 0 aliphatic carbocycles. The minimum atomic E-state index is -1.14. The molecule has 72 valence electrons. The van der Waals surface area contributed by atoms with E-state index >= 15 is 0 Å². The predicted octanol–water partition coefficient (Wildman–Crippen LogP) is 0.622. The summed E-state index contributed by atoms with van der Waals surface area (Å²) in [6.07, 6.45) is -1.18. The lowest BCUT2D eigenvalue weighted by molar-refractivity contribution is -0.202. The maximum Gasteiger partial charge on any atom is 0.540 e. The van der Waals surface area contributed by atoms with Gasteiger partial charge in [0.1, 0.15) is 0 Å². The van der Waals surface area contributed by atoms with E-state index in [1.807, 2.05) is 0 Å². The summed E-state index contributed by atoms with van der Waals surface area (Å²) in [6, 6.07) is 0. The van der Waals surface area contributed by atoms with Crippen molar-refractivity contribution in [2.24, 2.45) is 0 Å². The van der Waals surface area contributed by atoms with Crippen LogP contribution in [0.2, 0.25) is 0 Å². The molecule has 0 spiro atoms. The zero-order valence-electron chi connectivity index (χ0n) is 6.98. The molecule has 0 saturated heterocycles. The Balaban J connectivity index is 3.34. The molecule has 0 aliphatic rings. The smallest absolute Gasteiger partial charge is 0.432 e. The average molecular weight is 180 g/mol. The summed E-state index contributed by atoms with van der Waals surface area (Å²) in [7, 11) is 2.94. The summed E-state index contributed by atoms with van der Waals surface area (Å²) < 4.78 is 14.0. The van der Waals surface area contributed by atoms with Gasteiger partial charge < -0.3 is 14.2 Å². The van der Waals surface area contributed by atoms with Gasteiger partial charge in [-0.2, -0.15) is 5.26 Å². The van der Waals surface area contributed by atoms with Gasteiger partial charge in [0.15, 0.2) is 6.29 Å². The molecule has 6 heteroatoms. The van der Waals surface area contributed by atoms with E-state index in [9.17, 15) is 4.79 Å². The third kappa shape index (κ3) is 4.89. The molecule has 0 bridgehead atoms. The number of hydrogen-bond acceptors (Lipinski definition) is 6. The van der Waals surface area contributed by atoms with Crippen LogP contribution in [0.4, 0.5) is 4.79 Å². The van der Waals surface area contributed by atoms with Gasteiger partial charge in [0.25, 0.3) is 0 Å². The second-order valence-electron chi connectivity index (χ2n) is 1.88. The molecule has 6 nitrogen and oxygen atoms in total. The van der Waals surface area contributed by atoms with Gasteiger partial charge in [-0.25, -0.2) is 4.79 Å². The van der Waals surface area contributed by atoms with Crippen LogP contribution in [0, 0.1) is 0 Å². The minimum absolute atomic E-state index is 0.0613. The van der Waals surface area contributed by atoms with Crippen LogP contribution in [0.5, 0.6) is 0 Å². The molecule has 0 aromatic heterocycles. The first kappa shape index (κ1) is 11.2. The molecule has 0 atom stereocenters. The van der Waals surface area contributed by atoms with E-state index in [-0.39, 0.29) is 6.61 Å². The van der Waals surface area contributed by atoms with Gasteiger partial charge in [0, 0.05) is 20.6 Å². The van der Waals surface area contributed by atoms with Crippen molar-refractivity contribution in [3.63, 3.8) is 0 Å². The maximum atomic E-state index is 10.2. The highest BCUT2D eigenvalue weighted by molar-refractivity contribution is 5.58. The quantitative estimate of drug-likeness (QED) is 0.289. The van der Waals surface area contributed by atoms with Crippen LogP contribution >= 0.6 is 0 Å². The fraction of sp³-hybridized carbons (Fsp3) is 0.833. The number of hydrogen-bond donors (Lipinski definition) is 1. The van der Waals surface area contributed by atoms with Crippen LogP contribution in [-0.2, 0) is 19.1 Å². The molecule has 0 radical (unpaired) electrons. The topological polar surface area (TPSA) is 74.2 Å². The van der Waals surface area contributed by atoms with Crippen molar-refractivity contribution < 1.29 is 29.1 Å². The molecular formula is C6H12O6. The Labute approximate surface area is 69.9 Å². The standard InChI is InChI=1S/C6H12O6/c1-9-5(10-2)3-4-11-6(7)12-8/h5,8H,3-4H2,1-2H3. The molecule has 0 aliphatic heterocycles. The van der Waals surface area contributed by atoms with E-state index in [4.69, 9.17) is 14.7 Å². The molecule has 0 saturated carbocycles. The highest BCUT2D eigenvalue weighted by Gasteiger charge is 2.07. The van der Waals surface area contributed by atoms with Gasteiger partial charge in [-0.3, -0.25) is 4.89 Å². The lowest BCUT2D eigenvalue weighted by Crippen LogP contribution is -2.17. The fourth-order valence-corrected chi connectivity index (χ4v) is 0.597. The van der Waals surface area contributed by atoms with Crippen molar-refractivity contribution in [3.05, 3.63) is 0 Å². The van der Waals surface area contributed by atoms with Crippen LogP contribution in [-0.4, -0.2) is 38.5 Å². The lowest BCUT2D eigenvalue weighted by atomic mass is 10.4. The number of ether oxygens (including phenoxy) is 3. The Morgan fingerprint density at radius 2 is 2.00 bits per heavy atom. The zero-order chi connectivity index (χ0) is 9.40. The Morgan fingerprint density at radius 1 is 1.42 bits per heavy atom. The largest absolute Gasteiger partial charge is 0.540 e. The molecule has 1 N–H and O–H groups in total. The first-order chi connectivity index (χ1) is 5.74. The molecule has 0 aromatic rings. The molecule has 0 unspecified atom stereocenters. The van der Waals surface area contributed by atoms with Gasteiger partial charge in [-0.15, -0.1) is 0 Å². The minimum Gasteiger partial charge on any atom is -0.432 e. The highest BCUT2D eigenvalue weighted by Crippen LogP contribution is 1.98. The van der Waals surface area contributed by atoms with Crippen LogP contribution < -0.4 is 0 Å². The third-order valence-electron chi connectivity index (χ3n) is 1.17. The maximum absolute atomic E-state index is 10.2. The summed E-state index contributed by atoms with van der Waals surface area (Å²) in [5.74, 6) is 0. The molecule has 0 fully saturated rings. The first-order valence-corrected chi connectivity index (χ1v) is 3.28. The predicted molar refractivity (Wildman–Crippen MR) is 37.5 cm³/mol. The Morgan fingerprint density at radius 3 is 2.42 bits per heavy atom. The van der Waals surface area contributed by atoms with Crippen LogP contribution in [0.25, 0.3) is 0 Å². The number of carbonyl (C=O) groups is 1. The number of methoxy groups -OCH3 is 2. The monoisotopic (exact) mass is 180 g/mol. The van der Waals surface area contributed by atoms with Gasteiger partial charge in [-0.05, 0) is 0 Å². The van der Waals surface area contributed by atoms with Crippen molar-refractivity contribution in [2.75, 3.05) is 20.8 Å². The van der Waals surface area contributed by atoms with Crippen LogP contribution in [0.3, 0.4) is 0 Å². The van der Waals surface area contributed by atoms with E-state index in [1.165, 1.54) is 14.2 Å². The Hall–Kier alpha value is -0.850. The van der Waals surface area contributed by atoms with Gasteiger partial charge >= 0.3 is 6.16 Å². The highest BCUT2D eigenvalue weighted by atomic mass is 17.1. The fourth-order valence-electron chi connectivity index (χ4n) is 0.597. The summed E-state index contributed by atoms with van der Waals surface area (Å²) in [6.45, 7) is 0.0613. The first-order valence-electron chi connectivity index (χ1n) is 3.28. The van der Waals surface area contributed by atoms with E-state index in [0.717, 1.165) is 0 Å². The number of rotatable bonds is 5. The normalized spacial score (nSPS) is 10.0. The van der Waals surface area contributed by atoms with Crippen LogP contribution in [0.15, 0.2) is 0 Å². The van der Waals surface area contributed by atoms with Crippen molar-refractivity contribution in [1.29, 1.82) is 0 Å². The molecule has 0 rings (SSSR count). The Bertz CT molecular complexity index is 121. The van der Waals surface area contributed by atoms with E-state index in [0.29, 0.717) is 6.42 Å². The SMILES string of the molecule is COC(CCOC(=O)OO)OC. The summed E-state index contributed by atoms with van der Waals surface area (Å²) in [5.41, 5.74) is 0. The summed E-state index contributed by atoms with van der Waals surface area (Å²) >= 11 is 0. The van der Waals surface area contributed by atoms with E-state index in [1.54, 1.807) is 0 Å². The summed E-state index contributed by atoms with van der Waals surface area (Å²) in [4.78, 5) is 13.5. The summed E-state index contributed by atoms with van der Waals surface area (Å²) in [5, 5.41) is 7.78. The second-order valence-corrected chi connectivity index (χ2v) is 1.88. The van der Waals surface area contributed by atoms with Crippen LogP contribution in [0.1, 0.15) is 6.42 Å². The van der Waals surface area contributed by atoms with Crippen molar-refractivity contribution >= 4 is 6.16 Å². The van der Waals surface area contributed by atoms with Crippen molar-refractivity contribution in [2.45, 2.75) is 12.7 Å². The lowest BCUT2D eigenvalue weighted by Gasteiger charge is -2.11. The van der Waals surface area contributed by atoms with Gasteiger partial charge in [0.05, 0.1) is 6.61 Å². The van der Waals surface area contributed by atoms with Gasteiger partial charge in [0.2, 0.25) is 0 Å². The van der Waals surface area contributed by atoms with Crippen molar-refractivity contribution in [3.8, 4) is 0 Å². The third-order valence-corrected chi connectivity index (χ3v) is 1.17.